The van der Waals surface area contributed by atoms with Crippen LogP contribution in [0.25, 0.3) is 0 Å². The summed E-state index contributed by atoms with van der Waals surface area (Å²) in [7, 11) is 1.85. The predicted octanol–water partition coefficient (Wildman–Crippen LogP) is 5.39. The summed E-state index contributed by atoms with van der Waals surface area (Å²) >= 11 is 3.46. The smallest absolute Gasteiger partial charge is 0.410 e. The Balaban J connectivity index is 2.27. The number of ether oxygens (including phenoxy) is 1. The molecule has 1 aliphatic rings. The maximum Gasteiger partial charge on any atom is 0.410 e. The number of rotatable bonds is 6. The molecular weight excluding hydrogens is 342 g/mol. The van der Waals surface area contributed by atoms with E-state index in [1.807, 2.05) is 27.8 Å². The summed E-state index contributed by atoms with van der Waals surface area (Å²) in [4.78, 5) is 13.7. The highest BCUT2D eigenvalue weighted by Crippen LogP contribution is 2.30. The number of hydrogen-bond donors (Lipinski definition) is 0. The third kappa shape index (κ3) is 8.21. The van der Waals surface area contributed by atoms with Crippen molar-refractivity contribution in [3.8, 4) is 0 Å². The average molecular weight is 374 g/mol. The molecule has 4 heteroatoms. The van der Waals surface area contributed by atoms with E-state index in [9.17, 15) is 4.79 Å². The molecule has 1 rings (SSSR count). The summed E-state index contributed by atoms with van der Waals surface area (Å²) in [6.07, 6.45) is 11.8. The van der Waals surface area contributed by atoms with E-state index in [1.54, 1.807) is 4.90 Å². The van der Waals surface area contributed by atoms with Crippen molar-refractivity contribution >= 4 is 22.0 Å². The highest BCUT2D eigenvalue weighted by molar-refractivity contribution is 9.09. The fraction of sp³-hybridized carbons (Fsp3) is 0.833. The second kappa shape index (κ2) is 9.59. The third-order valence-electron chi connectivity index (χ3n) is 4.04. The van der Waals surface area contributed by atoms with Crippen LogP contribution in [0.15, 0.2) is 12.2 Å². The number of unbranched alkanes of at least 4 members (excludes halogenated alkanes) is 1. The number of halogens is 1. The van der Waals surface area contributed by atoms with E-state index < -0.39 is 5.60 Å². The first kappa shape index (κ1) is 19.5. The predicted molar refractivity (Wildman–Crippen MR) is 96.5 cm³/mol. The minimum atomic E-state index is -0.414. The van der Waals surface area contributed by atoms with E-state index in [0.717, 1.165) is 17.8 Å². The molecule has 0 heterocycles. The quantitative estimate of drug-likeness (QED) is 0.354. The minimum absolute atomic E-state index is 0.204. The number of nitrogens with zero attached hydrogens (tertiary/aromatic N) is 1. The van der Waals surface area contributed by atoms with Crippen molar-refractivity contribution in [2.45, 2.75) is 64.9 Å². The monoisotopic (exact) mass is 373 g/mol. The van der Waals surface area contributed by atoms with Crippen molar-refractivity contribution in [3.63, 3.8) is 0 Å². The molecule has 0 saturated heterocycles. The van der Waals surface area contributed by atoms with Gasteiger partial charge in [-0.25, -0.2) is 4.79 Å². The van der Waals surface area contributed by atoms with Gasteiger partial charge in [-0.1, -0.05) is 28.1 Å². The van der Waals surface area contributed by atoms with E-state index >= 15 is 0 Å². The lowest BCUT2D eigenvalue weighted by Gasteiger charge is -2.31. The lowest BCUT2D eigenvalue weighted by Crippen LogP contribution is -2.37. The Morgan fingerprint density at radius 2 is 1.91 bits per heavy atom. The Labute approximate surface area is 144 Å². The van der Waals surface area contributed by atoms with Crippen LogP contribution in [0.5, 0.6) is 0 Å². The molecule has 1 fully saturated rings. The largest absolute Gasteiger partial charge is 0.444 e. The van der Waals surface area contributed by atoms with Gasteiger partial charge in [-0.05, 0) is 71.1 Å². The molecule has 1 saturated carbocycles. The Morgan fingerprint density at radius 1 is 1.27 bits per heavy atom. The van der Waals surface area contributed by atoms with Gasteiger partial charge < -0.3 is 9.64 Å². The SMILES string of the molecule is CN(CC1CCC(C=CCCCBr)CC1)C(=O)OC(C)(C)C. The molecule has 0 aromatic rings. The molecule has 1 aliphatic carbocycles. The van der Waals surface area contributed by atoms with Crippen LogP contribution in [-0.2, 0) is 4.74 Å². The van der Waals surface area contributed by atoms with Crippen molar-refractivity contribution in [2.75, 3.05) is 18.9 Å². The molecule has 0 atom stereocenters. The molecule has 22 heavy (non-hydrogen) atoms. The number of hydrogen-bond acceptors (Lipinski definition) is 2. The molecule has 128 valence electrons. The van der Waals surface area contributed by atoms with Crippen LogP contribution in [-0.4, -0.2) is 35.5 Å². The standard InChI is InChI=1S/C18H32BrNO2/c1-18(2,3)22-17(21)20(4)14-16-11-9-15(10-12-16)8-6-5-7-13-19/h6,8,15-16H,5,7,9-14H2,1-4H3. The topological polar surface area (TPSA) is 29.5 Å². The molecule has 3 nitrogen and oxygen atoms in total. The van der Waals surface area contributed by atoms with Crippen LogP contribution >= 0.6 is 15.9 Å². The Hall–Kier alpha value is -0.510. The normalized spacial score (nSPS) is 22.8. The van der Waals surface area contributed by atoms with E-state index in [0.29, 0.717) is 5.92 Å². The first-order valence-corrected chi connectivity index (χ1v) is 9.60. The second-order valence-electron chi connectivity index (χ2n) is 7.40. The first-order chi connectivity index (χ1) is 10.3. The fourth-order valence-electron chi connectivity index (χ4n) is 2.85. The zero-order chi connectivity index (χ0) is 16.6. The van der Waals surface area contributed by atoms with Crippen LogP contribution < -0.4 is 0 Å². The number of carbonyl (C=O) groups excluding carboxylic acids is 1. The third-order valence-corrected chi connectivity index (χ3v) is 4.60. The number of allylic oxidation sites excluding steroid dienone is 2. The van der Waals surface area contributed by atoms with Crippen LogP contribution in [0.4, 0.5) is 4.79 Å². The minimum Gasteiger partial charge on any atom is -0.444 e. The number of amides is 1. The molecule has 0 aliphatic heterocycles. The molecular formula is C18H32BrNO2. The molecule has 0 aromatic heterocycles. The van der Waals surface area contributed by atoms with Crippen molar-refractivity contribution in [1.82, 2.24) is 4.90 Å². The van der Waals surface area contributed by atoms with Gasteiger partial charge in [0.2, 0.25) is 0 Å². The zero-order valence-corrected chi connectivity index (χ0v) is 16.2. The zero-order valence-electron chi connectivity index (χ0n) is 14.6. The van der Waals surface area contributed by atoms with Crippen molar-refractivity contribution in [1.29, 1.82) is 0 Å². The van der Waals surface area contributed by atoms with Crippen LogP contribution in [0.3, 0.4) is 0 Å². The first-order valence-electron chi connectivity index (χ1n) is 8.48. The van der Waals surface area contributed by atoms with E-state index in [4.69, 9.17) is 4.74 Å². The molecule has 0 aromatic carbocycles. The van der Waals surface area contributed by atoms with Gasteiger partial charge >= 0.3 is 6.09 Å². The Morgan fingerprint density at radius 3 is 2.45 bits per heavy atom. The van der Waals surface area contributed by atoms with Crippen LogP contribution in [0.2, 0.25) is 0 Å². The summed E-state index contributed by atoms with van der Waals surface area (Å²) in [6, 6.07) is 0. The molecule has 0 bridgehead atoms. The van der Waals surface area contributed by atoms with E-state index in [-0.39, 0.29) is 6.09 Å². The summed E-state index contributed by atoms with van der Waals surface area (Å²) in [5, 5.41) is 1.08. The maximum absolute atomic E-state index is 12.0. The summed E-state index contributed by atoms with van der Waals surface area (Å²) in [5.74, 6) is 1.35. The molecule has 0 spiro atoms. The van der Waals surface area contributed by atoms with Gasteiger partial charge in [0.1, 0.15) is 5.60 Å². The van der Waals surface area contributed by atoms with E-state index in [2.05, 4.69) is 28.1 Å². The van der Waals surface area contributed by atoms with Crippen molar-refractivity contribution in [3.05, 3.63) is 12.2 Å². The van der Waals surface area contributed by atoms with Gasteiger partial charge in [0, 0.05) is 18.9 Å². The Bertz CT molecular complexity index is 355. The van der Waals surface area contributed by atoms with Crippen LogP contribution in [0, 0.1) is 11.8 Å². The lowest BCUT2D eigenvalue weighted by atomic mass is 9.81. The van der Waals surface area contributed by atoms with Crippen molar-refractivity contribution in [2.24, 2.45) is 11.8 Å². The van der Waals surface area contributed by atoms with Gasteiger partial charge in [-0.3, -0.25) is 0 Å². The number of carbonyl (C=O) groups is 1. The molecule has 0 N–H and O–H groups in total. The number of alkyl halides is 1. The summed E-state index contributed by atoms with van der Waals surface area (Å²) < 4.78 is 5.41. The van der Waals surface area contributed by atoms with E-state index in [1.165, 1.54) is 38.5 Å². The fourth-order valence-corrected chi connectivity index (χ4v) is 3.17. The van der Waals surface area contributed by atoms with Gasteiger partial charge in [0.15, 0.2) is 0 Å². The average Bonchev–Trinajstić information content (AvgIpc) is 2.43. The van der Waals surface area contributed by atoms with Gasteiger partial charge in [0.05, 0.1) is 0 Å². The lowest BCUT2D eigenvalue weighted by molar-refractivity contribution is 0.0259. The van der Waals surface area contributed by atoms with Gasteiger partial charge in [-0.2, -0.15) is 0 Å². The molecule has 1 amide bonds. The molecule has 0 radical (unpaired) electrons. The van der Waals surface area contributed by atoms with Crippen LogP contribution in [0.1, 0.15) is 59.3 Å². The summed E-state index contributed by atoms with van der Waals surface area (Å²) in [6.45, 7) is 6.54. The molecule has 0 unspecified atom stereocenters. The highest BCUT2D eigenvalue weighted by atomic mass is 79.9. The summed E-state index contributed by atoms with van der Waals surface area (Å²) in [5.41, 5.74) is -0.414. The van der Waals surface area contributed by atoms with Gasteiger partial charge in [-0.15, -0.1) is 0 Å². The maximum atomic E-state index is 12.0. The Kier molecular flexibility index (Phi) is 8.52. The second-order valence-corrected chi connectivity index (χ2v) is 8.19. The van der Waals surface area contributed by atoms with Crippen molar-refractivity contribution < 1.29 is 9.53 Å². The highest BCUT2D eigenvalue weighted by Gasteiger charge is 2.24. The van der Waals surface area contributed by atoms with Gasteiger partial charge in [0.25, 0.3) is 0 Å².